The third kappa shape index (κ3) is 18.6. The van der Waals surface area contributed by atoms with E-state index >= 15 is 0 Å². The Morgan fingerprint density at radius 2 is 0.888 bits per heavy atom. The Morgan fingerprint density at radius 1 is 0.467 bits per heavy atom. The number of aromatic nitrogens is 7. The van der Waals surface area contributed by atoms with Crippen molar-refractivity contribution in [1.82, 2.24) is 39.4 Å². The first-order valence-corrected chi connectivity index (χ1v) is 35.0. The highest BCUT2D eigenvalue weighted by molar-refractivity contribution is 9.10. The van der Waals surface area contributed by atoms with E-state index in [1.807, 2.05) is 178 Å². The van der Waals surface area contributed by atoms with Crippen LogP contribution in [0.5, 0.6) is 34.5 Å². The van der Waals surface area contributed by atoms with E-state index in [0.29, 0.717) is 51.1 Å². The number of hydrogen-bond donors (Lipinski definition) is 4. The normalized spacial score (nSPS) is 11.7. The van der Waals surface area contributed by atoms with Crippen molar-refractivity contribution >= 4 is 112 Å². The second kappa shape index (κ2) is 34.7. The minimum absolute atomic E-state index is 0.201. The molecule has 1 aliphatic heterocycles. The number of fused-ring (bicyclic) bond motifs is 5. The molecule has 1 amide bonds. The van der Waals surface area contributed by atoms with Gasteiger partial charge < -0.3 is 53.8 Å². The molecule has 107 heavy (non-hydrogen) atoms. The molecule has 1 saturated heterocycles. The molecule has 16 rings (SSSR count). The van der Waals surface area contributed by atoms with Crippen molar-refractivity contribution in [3.8, 4) is 40.2 Å². The summed E-state index contributed by atoms with van der Waals surface area (Å²) >= 11 is 3.46. The fourth-order valence-electron chi connectivity index (χ4n) is 11.8. The third-order valence-electron chi connectivity index (χ3n) is 17.7. The number of carbonyl (C=O) groups is 3. The Hall–Kier alpha value is -12.7. The van der Waals surface area contributed by atoms with E-state index in [-0.39, 0.29) is 17.4 Å². The van der Waals surface area contributed by atoms with Gasteiger partial charge in [0.15, 0.2) is 0 Å². The van der Waals surface area contributed by atoms with E-state index in [1.54, 1.807) is 105 Å². The Balaban J connectivity index is 0.000000136. The molecule has 0 radical (unpaired) electrons. The number of likely N-dealkylation sites (N-methyl/N-ethyl adjacent to an activating group) is 1. The summed E-state index contributed by atoms with van der Waals surface area (Å²) in [6, 6.07) is 60.3. The van der Waals surface area contributed by atoms with Crippen LogP contribution in [0, 0.1) is 27.7 Å². The number of amides is 1. The highest BCUT2D eigenvalue weighted by Crippen LogP contribution is 2.36. The molecule has 0 spiro atoms. The first-order chi connectivity index (χ1) is 51.9. The first-order valence-electron chi connectivity index (χ1n) is 34.2. The molecule has 9 aromatic carbocycles. The van der Waals surface area contributed by atoms with Gasteiger partial charge in [-0.15, -0.1) is 0 Å². The first kappa shape index (κ1) is 74.0. The number of carbonyl (C=O) groups excluding carboxylic acids is 2. The van der Waals surface area contributed by atoms with Crippen molar-refractivity contribution in [1.29, 1.82) is 0 Å². The van der Waals surface area contributed by atoms with Gasteiger partial charge >= 0.3 is 19.1 Å². The molecule has 15 aromatic rings. The fraction of sp³-hybridized carbons (Fsp3) is 0.118. The monoisotopic (exact) mass is 1480 g/mol. The van der Waals surface area contributed by atoms with Gasteiger partial charge in [-0.2, -0.15) is 0 Å². The lowest BCUT2D eigenvalue weighted by Gasteiger charge is -2.34. The van der Waals surface area contributed by atoms with Gasteiger partial charge in [0.25, 0.3) is 5.91 Å². The summed E-state index contributed by atoms with van der Waals surface area (Å²) in [6.07, 6.45) is 21.3. The van der Waals surface area contributed by atoms with Gasteiger partial charge in [-0.3, -0.25) is 29.7 Å². The van der Waals surface area contributed by atoms with Crippen LogP contribution in [-0.4, -0.2) is 120 Å². The van der Waals surface area contributed by atoms with Crippen LogP contribution in [0.2, 0.25) is 0 Å². The number of benzene rings is 9. The second-order valence-corrected chi connectivity index (χ2v) is 26.0. The van der Waals surface area contributed by atoms with Crippen LogP contribution >= 0.6 is 15.9 Å². The predicted molar refractivity (Wildman–Crippen MR) is 424 cm³/mol. The Labute approximate surface area is 626 Å². The van der Waals surface area contributed by atoms with Crippen LogP contribution in [0.4, 0.5) is 11.4 Å². The summed E-state index contributed by atoms with van der Waals surface area (Å²) in [5.74, 6) is 2.29. The Bertz CT molecular complexity index is 5670. The zero-order valence-corrected chi connectivity index (χ0v) is 61.0. The molecule has 1 fully saturated rings. The maximum Gasteiger partial charge on any atom is 0.489 e. The van der Waals surface area contributed by atoms with E-state index in [0.717, 1.165) is 119 Å². The lowest BCUT2D eigenvalue weighted by molar-refractivity contribution is 0.0599. The van der Waals surface area contributed by atoms with Gasteiger partial charge in [-0.05, 0) is 198 Å². The van der Waals surface area contributed by atoms with Crippen LogP contribution < -0.4 is 29.9 Å². The number of anilines is 2. The molecule has 4 N–H and O–H groups in total. The zero-order valence-electron chi connectivity index (χ0n) is 59.4. The minimum Gasteiger partial charge on any atom is -0.478 e. The van der Waals surface area contributed by atoms with E-state index < -0.39 is 13.1 Å². The van der Waals surface area contributed by atoms with Crippen LogP contribution in [0.25, 0.3) is 59.5 Å². The van der Waals surface area contributed by atoms with E-state index in [1.165, 1.54) is 18.6 Å². The van der Waals surface area contributed by atoms with Crippen molar-refractivity contribution in [2.45, 2.75) is 27.7 Å². The molecule has 22 heteroatoms. The maximum absolute atomic E-state index is 13.5. The van der Waals surface area contributed by atoms with Gasteiger partial charge in [0.2, 0.25) is 0 Å². The number of esters is 1. The van der Waals surface area contributed by atoms with Crippen molar-refractivity contribution in [2.24, 2.45) is 0 Å². The predicted octanol–water partition coefficient (Wildman–Crippen LogP) is 16.9. The summed E-state index contributed by atoms with van der Waals surface area (Å²) in [7, 11) is 2.07. The number of piperazine rings is 1. The summed E-state index contributed by atoms with van der Waals surface area (Å²) in [4.78, 5) is 65.8. The summed E-state index contributed by atoms with van der Waals surface area (Å²) in [5, 5.41) is 40.3. The van der Waals surface area contributed by atoms with Gasteiger partial charge in [0, 0.05) is 137 Å². The van der Waals surface area contributed by atoms with Crippen molar-refractivity contribution in [2.75, 3.05) is 50.6 Å². The number of methoxy groups -OCH3 is 1. The SMILES string of the molecule is Brc1cccc2ccncc12.COC(=O)c1ccc(C)c(Oc2cccc3ccncc23)c1.Cc1ccc(C(=O)O)cc1Oc1cccc2ccncc12.Cc1cn(-c2cc(NC(=O)c3ccc(C)c(Oc4cccc5ccncc45)c3)cc(N3CCN(C)CC3)c2)cn1.OB(O)c1cccc2ccncc12. The van der Waals surface area contributed by atoms with Crippen molar-refractivity contribution in [3.63, 3.8) is 0 Å². The molecule has 0 atom stereocenters. The lowest BCUT2D eigenvalue weighted by atomic mass is 9.78. The number of ether oxygens (including phenoxy) is 4. The average molecular weight is 1490 g/mol. The number of halogens is 1. The Kier molecular flexibility index (Phi) is 24.0. The zero-order chi connectivity index (χ0) is 74.9. The molecule has 0 aliphatic carbocycles. The number of imidazole rings is 1. The number of nitrogens with one attached hydrogen (secondary N) is 1. The van der Waals surface area contributed by atoms with Crippen LogP contribution in [0.15, 0.2) is 273 Å². The number of rotatable bonds is 13. The summed E-state index contributed by atoms with van der Waals surface area (Å²) in [6.45, 7) is 11.6. The molecule has 6 aromatic heterocycles. The van der Waals surface area contributed by atoms with Gasteiger partial charge in [0.05, 0.1) is 35.9 Å². The average Bonchev–Trinajstić information content (AvgIpc) is 1.76. The lowest BCUT2D eigenvalue weighted by Crippen LogP contribution is -2.44. The highest BCUT2D eigenvalue weighted by atomic mass is 79.9. The molecule has 0 saturated carbocycles. The Morgan fingerprint density at radius 3 is 1.36 bits per heavy atom. The smallest absolute Gasteiger partial charge is 0.478 e. The number of aromatic carboxylic acids is 1. The molecule has 534 valence electrons. The third-order valence-corrected chi connectivity index (χ3v) is 18.4. The van der Waals surface area contributed by atoms with Crippen LogP contribution in [0.1, 0.15) is 53.5 Å². The van der Waals surface area contributed by atoms with Gasteiger partial charge in [-0.1, -0.05) is 101 Å². The summed E-state index contributed by atoms with van der Waals surface area (Å²) in [5.41, 5.74) is 8.11. The van der Waals surface area contributed by atoms with E-state index in [2.05, 4.69) is 80.1 Å². The molecule has 1 aliphatic rings. The minimum atomic E-state index is -1.44. The summed E-state index contributed by atoms with van der Waals surface area (Å²) < 4.78 is 26.1. The number of nitrogens with zero attached hydrogens (tertiary/aromatic N) is 9. The standard InChI is InChI=1S/C32H32N6O2.C18H15NO3.C17H13NO3.C9H8BNO2.C9H6BrN/c1-22-7-8-25(15-31(22)40-30-6-4-5-24-9-10-33-19-29(24)30)32(39)35-26-16-27(37-13-11-36(3)12-14-37)18-28(17-26)38-20-23(2)34-21-38;1-12-6-7-14(18(20)21-2)10-17(12)22-16-5-3-4-13-8-9-19-11-15(13)16;1-11-5-6-13(17(19)20)9-16(11)21-15-4-2-3-12-7-8-18-10-14(12)15;12-10(13)9-3-1-2-7-4-5-11-6-8(7)9;10-9-3-1-2-7-4-5-11-6-8(7)9/h4-10,15-21H,11-14H2,1-3H3,(H,35,39);3-11H,1-2H3;2-10H,1H3,(H,19,20);1-6,12-13H;1-6H. The number of carboxylic acids is 1. The number of aryl methyl sites for hydroxylation is 4. The van der Waals surface area contributed by atoms with E-state index in [4.69, 9.17) is 34.1 Å². The molecule has 0 bridgehead atoms. The molecule has 0 unspecified atom stereocenters. The molecular formula is C85H74BBrN10O10. The van der Waals surface area contributed by atoms with Crippen LogP contribution in [0.3, 0.4) is 0 Å². The number of hydrogen-bond acceptors (Lipinski definition) is 17. The number of pyridine rings is 5. The second-order valence-electron chi connectivity index (χ2n) is 25.2. The molecule has 20 nitrogen and oxygen atoms in total. The maximum atomic E-state index is 13.5. The topological polar surface area (TPSA) is 250 Å². The van der Waals surface area contributed by atoms with Crippen molar-refractivity contribution in [3.05, 3.63) is 312 Å². The highest BCUT2D eigenvalue weighted by Gasteiger charge is 2.20. The van der Waals surface area contributed by atoms with Gasteiger partial charge in [-0.25, -0.2) is 14.6 Å². The van der Waals surface area contributed by atoms with Crippen molar-refractivity contribution < 1.29 is 48.5 Å². The van der Waals surface area contributed by atoms with E-state index in [9.17, 15) is 14.4 Å². The van der Waals surface area contributed by atoms with Crippen LogP contribution in [-0.2, 0) is 4.74 Å². The fourth-order valence-corrected chi connectivity index (χ4v) is 12.3. The molecular weight excluding hydrogens is 1410 g/mol. The number of carboxylic acid groups (broad SMARTS) is 1. The quantitative estimate of drug-likeness (QED) is 0.0618. The largest absolute Gasteiger partial charge is 0.489 e. The molecule has 7 heterocycles. The van der Waals surface area contributed by atoms with Gasteiger partial charge in [0.1, 0.15) is 34.5 Å².